The van der Waals surface area contributed by atoms with Crippen molar-refractivity contribution in [2.24, 2.45) is 5.92 Å². The molecule has 6 nitrogen and oxygen atoms in total. The predicted octanol–water partition coefficient (Wildman–Crippen LogP) is 3.14. The number of carboxylic acids is 1. The van der Waals surface area contributed by atoms with Gasteiger partial charge in [0.1, 0.15) is 5.01 Å². The van der Waals surface area contributed by atoms with E-state index in [1.54, 1.807) is 22.4 Å². The fourth-order valence-electron chi connectivity index (χ4n) is 2.63. The van der Waals surface area contributed by atoms with Crippen molar-refractivity contribution < 1.29 is 14.7 Å². The number of carbonyl (C=O) groups is 2. The quantitative estimate of drug-likeness (QED) is 0.905. The van der Waals surface area contributed by atoms with Gasteiger partial charge in [0.05, 0.1) is 5.92 Å². The van der Waals surface area contributed by atoms with Crippen LogP contribution in [-0.2, 0) is 4.79 Å². The van der Waals surface area contributed by atoms with Crippen molar-refractivity contribution in [3.63, 3.8) is 0 Å². The Morgan fingerprint density at radius 2 is 2.09 bits per heavy atom. The van der Waals surface area contributed by atoms with Gasteiger partial charge in [-0.3, -0.25) is 4.79 Å². The Morgan fingerprint density at radius 3 is 2.74 bits per heavy atom. The number of likely N-dealkylation sites (tertiary alicyclic amines) is 1. The number of urea groups is 1. The van der Waals surface area contributed by atoms with Crippen LogP contribution in [0.15, 0.2) is 35.8 Å². The lowest BCUT2D eigenvalue weighted by Crippen LogP contribution is -2.42. The number of nitrogens with zero attached hydrogens (tertiary/aromatic N) is 2. The van der Waals surface area contributed by atoms with Gasteiger partial charge in [0.15, 0.2) is 0 Å². The van der Waals surface area contributed by atoms with E-state index in [0.29, 0.717) is 31.6 Å². The number of aromatic nitrogens is 1. The van der Waals surface area contributed by atoms with Crippen LogP contribution in [0, 0.1) is 5.92 Å². The van der Waals surface area contributed by atoms with Gasteiger partial charge in [-0.15, -0.1) is 11.3 Å². The first-order valence-electron chi connectivity index (χ1n) is 7.42. The van der Waals surface area contributed by atoms with Crippen LogP contribution in [0.5, 0.6) is 0 Å². The SMILES string of the molecule is O=C(O)C1CCN(C(=O)Nc2cccc(-c3nccs3)c2)CC1. The second kappa shape index (κ2) is 6.78. The zero-order valence-corrected chi connectivity index (χ0v) is 13.3. The van der Waals surface area contributed by atoms with Crippen LogP contribution in [0.4, 0.5) is 10.5 Å². The molecule has 1 aromatic carbocycles. The first kappa shape index (κ1) is 15.5. The molecule has 0 aliphatic carbocycles. The molecular formula is C16H17N3O3S. The lowest BCUT2D eigenvalue weighted by Gasteiger charge is -2.30. The minimum Gasteiger partial charge on any atom is -0.481 e. The minimum atomic E-state index is -0.777. The van der Waals surface area contributed by atoms with E-state index in [9.17, 15) is 9.59 Å². The molecule has 0 saturated carbocycles. The van der Waals surface area contributed by atoms with Crippen LogP contribution >= 0.6 is 11.3 Å². The zero-order chi connectivity index (χ0) is 16.2. The molecule has 2 heterocycles. The Morgan fingerprint density at radius 1 is 1.30 bits per heavy atom. The van der Waals surface area contributed by atoms with E-state index in [0.717, 1.165) is 10.6 Å². The second-order valence-corrected chi connectivity index (χ2v) is 6.34. The maximum atomic E-state index is 12.3. The number of rotatable bonds is 3. The molecule has 7 heteroatoms. The van der Waals surface area contributed by atoms with Crippen molar-refractivity contribution in [3.8, 4) is 10.6 Å². The number of amides is 2. The van der Waals surface area contributed by atoms with Gasteiger partial charge in [-0.05, 0) is 25.0 Å². The summed E-state index contributed by atoms with van der Waals surface area (Å²) in [6, 6.07) is 7.36. The molecule has 0 spiro atoms. The summed E-state index contributed by atoms with van der Waals surface area (Å²) in [4.78, 5) is 29.2. The highest BCUT2D eigenvalue weighted by Gasteiger charge is 2.26. The molecule has 1 aliphatic heterocycles. The monoisotopic (exact) mass is 331 g/mol. The van der Waals surface area contributed by atoms with Gasteiger partial charge in [-0.2, -0.15) is 0 Å². The van der Waals surface area contributed by atoms with Gasteiger partial charge in [0.2, 0.25) is 0 Å². The molecule has 0 bridgehead atoms. The van der Waals surface area contributed by atoms with Gasteiger partial charge >= 0.3 is 12.0 Å². The summed E-state index contributed by atoms with van der Waals surface area (Å²) in [5.41, 5.74) is 1.67. The van der Waals surface area contributed by atoms with Gasteiger partial charge in [0.25, 0.3) is 0 Å². The molecule has 120 valence electrons. The third-order valence-corrected chi connectivity index (χ3v) is 4.75. The molecule has 0 unspecified atom stereocenters. The van der Waals surface area contributed by atoms with E-state index < -0.39 is 5.97 Å². The molecule has 1 aliphatic rings. The standard InChI is InChI=1S/C16H17N3O3S/c20-15(21)11-4-7-19(8-5-11)16(22)18-13-3-1-2-12(10-13)14-17-6-9-23-14/h1-3,6,9-11H,4-5,7-8H2,(H,18,22)(H,20,21). The number of nitrogens with one attached hydrogen (secondary N) is 1. The lowest BCUT2D eigenvalue weighted by molar-refractivity contribution is -0.143. The fraction of sp³-hybridized carbons (Fsp3) is 0.312. The summed E-state index contributed by atoms with van der Waals surface area (Å²) in [5.74, 6) is -1.12. The van der Waals surface area contributed by atoms with E-state index in [-0.39, 0.29) is 11.9 Å². The second-order valence-electron chi connectivity index (χ2n) is 5.45. The highest BCUT2D eigenvalue weighted by atomic mass is 32.1. The molecular weight excluding hydrogens is 314 g/mol. The number of carbonyl (C=O) groups excluding carboxylic acids is 1. The smallest absolute Gasteiger partial charge is 0.321 e. The van der Waals surface area contributed by atoms with Crippen molar-refractivity contribution in [2.45, 2.75) is 12.8 Å². The Kier molecular flexibility index (Phi) is 4.57. The fourth-order valence-corrected chi connectivity index (χ4v) is 3.26. The van der Waals surface area contributed by atoms with Crippen LogP contribution in [-0.4, -0.2) is 40.1 Å². The summed E-state index contributed by atoms with van der Waals surface area (Å²) in [5, 5.41) is 14.7. The summed E-state index contributed by atoms with van der Waals surface area (Å²) < 4.78 is 0. The van der Waals surface area contributed by atoms with E-state index >= 15 is 0 Å². The van der Waals surface area contributed by atoms with E-state index in [1.165, 1.54) is 0 Å². The van der Waals surface area contributed by atoms with E-state index in [2.05, 4.69) is 10.3 Å². The lowest BCUT2D eigenvalue weighted by atomic mass is 9.97. The Hall–Kier alpha value is -2.41. The maximum Gasteiger partial charge on any atom is 0.321 e. The Balaban J connectivity index is 1.62. The van der Waals surface area contributed by atoms with Crippen LogP contribution < -0.4 is 5.32 Å². The van der Waals surface area contributed by atoms with E-state index in [1.807, 2.05) is 29.6 Å². The number of aliphatic carboxylic acids is 1. The number of carboxylic acid groups (broad SMARTS) is 1. The molecule has 2 N–H and O–H groups in total. The molecule has 1 aromatic heterocycles. The minimum absolute atomic E-state index is 0.190. The number of thiazole rings is 1. The molecule has 3 rings (SSSR count). The van der Waals surface area contributed by atoms with Crippen molar-refractivity contribution >= 4 is 29.0 Å². The van der Waals surface area contributed by atoms with Crippen LogP contribution in [0.25, 0.3) is 10.6 Å². The van der Waals surface area contributed by atoms with Crippen molar-refractivity contribution in [1.82, 2.24) is 9.88 Å². The number of benzene rings is 1. The summed E-state index contributed by atoms with van der Waals surface area (Å²) in [6.45, 7) is 0.934. The van der Waals surface area contributed by atoms with Crippen molar-refractivity contribution in [2.75, 3.05) is 18.4 Å². The number of hydrogen-bond acceptors (Lipinski definition) is 4. The van der Waals surface area contributed by atoms with Gasteiger partial charge in [-0.25, -0.2) is 9.78 Å². The first-order valence-corrected chi connectivity index (χ1v) is 8.30. The molecule has 2 amide bonds. The predicted molar refractivity (Wildman–Crippen MR) is 88.5 cm³/mol. The van der Waals surface area contributed by atoms with Gasteiger partial charge in [-0.1, -0.05) is 12.1 Å². The summed E-state index contributed by atoms with van der Waals surface area (Å²) in [6.07, 6.45) is 2.75. The summed E-state index contributed by atoms with van der Waals surface area (Å²) in [7, 11) is 0. The Bertz CT molecular complexity index is 694. The molecule has 1 fully saturated rings. The normalized spacial score (nSPS) is 15.4. The average molecular weight is 331 g/mol. The molecule has 0 atom stereocenters. The first-order chi connectivity index (χ1) is 11.1. The van der Waals surface area contributed by atoms with Crippen molar-refractivity contribution in [1.29, 1.82) is 0 Å². The molecule has 2 aromatic rings. The van der Waals surface area contributed by atoms with Gasteiger partial charge < -0.3 is 15.3 Å². The average Bonchev–Trinajstić information content (AvgIpc) is 3.10. The van der Waals surface area contributed by atoms with Crippen LogP contribution in [0.3, 0.4) is 0 Å². The van der Waals surface area contributed by atoms with Gasteiger partial charge in [0, 0.05) is 35.9 Å². The number of hydrogen-bond donors (Lipinski definition) is 2. The van der Waals surface area contributed by atoms with Crippen LogP contribution in [0.2, 0.25) is 0 Å². The number of piperidine rings is 1. The highest BCUT2D eigenvalue weighted by Crippen LogP contribution is 2.25. The van der Waals surface area contributed by atoms with Crippen molar-refractivity contribution in [3.05, 3.63) is 35.8 Å². The third kappa shape index (κ3) is 3.68. The summed E-state index contributed by atoms with van der Waals surface area (Å²) >= 11 is 1.54. The maximum absolute atomic E-state index is 12.3. The molecule has 23 heavy (non-hydrogen) atoms. The highest BCUT2D eigenvalue weighted by molar-refractivity contribution is 7.13. The van der Waals surface area contributed by atoms with Crippen LogP contribution in [0.1, 0.15) is 12.8 Å². The Labute approximate surface area is 137 Å². The molecule has 1 saturated heterocycles. The van der Waals surface area contributed by atoms with E-state index in [4.69, 9.17) is 5.11 Å². The number of anilines is 1. The third-order valence-electron chi connectivity index (χ3n) is 3.92. The zero-order valence-electron chi connectivity index (χ0n) is 12.4. The topological polar surface area (TPSA) is 82.5 Å². The largest absolute Gasteiger partial charge is 0.481 e. The molecule has 0 radical (unpaired) electrons.